The molecule has 1 unspecified atom stereocenters. The van der Waals surface area contributed by atoms with Crippen molar-refractivity contribution >= 4 is 39.2 Å². The highest BCUT2D eigenvalue weighted by Crippen LogP contribution is 2.32. The molecule has 1 atom stereocenters. The van der Waals surface area contributed by atoms with Crippen LogP contribution in [0.3, 0.4) is 0 Å². The van der Waals surface area contributed by atoms with Crippen molar-refractivity contribution in [1.82, 2.24) is 9.62 Å². The maximum atomic E-state index is 12.6. The fourth-order valence-electron chi connectivity index (χ4n) is 2.03. The zero-order valence-corrected chi connectivity index (χ0v) is 12.5. The fraction of sp³-hybridized carbons (Fsp3) is 0.364. The van der Waals surface area contributed by atoms with E-state index in [0.29, 0.717) is 6.54 Å². The van der Waals surface area contributed by atoms with Crippen molar-refractivity contribution in [2.24, 2.45) is 0 Å². The van der Waals surface area contributed by atoms with Gasteiger partial charge in [0.1, 0.15) is 10.9 Å². The van der Waals surface area contributed by atoms with Crippen molar-refractivity contribution in [3.63, 3.8) is 0 Å². The van der Waals surface area contributed by atoms with Gasteiger partial charge in [-0.1, -0.05) is 29.3 Å². The summed E-state index contributed by atoms with van der Waals surface area (Å²) < 4.78 is 26.1. The van der Waals surface area contributed by atoms with Crippen molar-refractivity contribution in [2.75, 3.05) is 19.6 Å². The summed E-state index contributed by atoms with van der Waals surface area (Å²) in [6, 6.07) is 3.15. The number of hydrogen-bond acceptors (Lipinski definition) is 4. The summed E-state index contributed by atoms with van der Waals surface area (Å²) in [5.74, 6) is -1.22. The molecular weight excluding hydrogens is 327 g/mol. The van der Waals surface area contributed by atoms with Gasteiger partial charge in [0.05, 0.1) is 10.0 Å². The largest absolute Gasteiger partial charge is 0.480 e. The number of piperazine rings is 1. The molecule has 0 radical (unpaired) electrons. The number of nitrogens with one attached hydrogen (secondary N) is 1. The number of carboxylic acid groups (broad SMARTS) is 1. The molecular formula is C11H12Cl2N2O4S. The van der Waals surface area contributed by atoms with E-state index < -0.39 is 22.0 Å². The molecule has 1 fully saturated rings. The quantitative estimate of drug-likeness (QED) is 0.859. The van der Waals surface area contributed by atoms with E-state index in [4.69, 9.17) is 28.3 Å². The summed E-state index contributed by atoms with van der Waals surface area (Å²) in [5, 5.41) is 11.9. The molecule has 1 aliphatic heterocycles. The maximum absolute atomic E-state index is 12.6. The first-order valence-corrected chi connectivity index (χ1v) is 7.94. The summed E-state index contributed by atoms with van der Waals surface area (Å²) in [5.41, 5.74) is 0. The lowest BCUT2D eigenvalue weighted by atomic mass is 10.2. The standard InChI is InChI=1S/C11H12Cl2N2O4S/c12-7-2-1-3-8(13)10(7)20(18,19)15-5-4-14-6-9(15)11(16)17/h1-3,9,14H,4-6H2,(H,16,17). The molecule has 0 saturated carbocycles. The Labute approximate surface area is 126 Å². The van der Waals surface area contributed by atoms with Gasteiger partial charge < -0.3 is 10.4 Å². The zero-order valence-electron chi connectivity index (χ0n) is 10.2. The second-order valence-electron chi connectivity index (χ2n) is 4.22. The van der Waals surface area contributed by atoms with Gasteiger partial charge in [-0.05, 0) is 12.1 Å². The van der Waals surface area contributed by atoms with E-state index in [1.54, 1.807) is 0 Å². The number of rotatable bonds is 3. The Kier molecular flexibility index (Phi) is 4.55. The molecule has 110 valence electrons. The van der Waals surface area contributed by atoms with E-state index in [1.807, 2.05) is 0 Å². The van der Waals surface area contributed by atoms with Crippen molar-refractivity contribution in [1.29, 1.82) is 0 Å². The third-order valence-electron chi connectivity index (χ3n) is 2.96. The summed E-state index contributed by atoms with van der Waals surface area (Å²) in [6.45, 7) is 0.447. The van der Waals surface area contributed by atoms with Crippen LogP contribution in [0.5, 0.6) is 0 Å². The van der Waals surface area contributed by atoms with E-state index in [9.17, 15) is 13.2 Å². The maximum Gasteiger partial charge on any atom is 0.323 e. The zero-order chi connectivity index (χ0) is 14.9. The molecule has 9 heteroatoms. The van der Waals surface area contributed by atoms with E-state index in [-0.39, 0.29) is 28.0 Å². The summed E-state index contributed by atoms with van der Waals surface area (Å²) in [6.07, 6.45) is 0. The third kappa shape index (κ3) is 2.77. The van der Waals surface area contributed by atoms with Gasteiger partial charge in [-0.25, -0.2) is 8.42 Å². The minimum absolute atomic E-state index is 0.0276. The van der Waals surface area contributed by atoms with Gasteiger partial charge in [0, 0.05) is 19.6 Å². The normalized spacial score (nSPS) is 20.8. The predicted octanol–water partition coefficient (Wildman–Crippen LogP) is 1.04. The molecule has 0 spiro atoms. The van der Waals surface area contributed by atoms with E-state index in [1.165, 1.54) is 18.2 Å². The van der Waals surface area contributed by atoms with Gasteiger partial charge in [0.25, 0.3) is 0 Å². The number of aliphatic carboxylic acids is 1. The molecule has 0 aliphatic carbocycles. The van der Waals surface area contributed by atoms with Crippen LogP contribution >= 0.6 is 23.2 Å². The highest BCUT2D eigenvalue weighted by Gasteiger charge is 2.39. The molecule has 2 N–H and O–H groups in total. The molecule has 1 aromatic carbocycles. The molecule has 1 saturated heterocycles. The van der Waals surface area contributed by atoms with Crippen molar-refractivity contribution < 1.29 is 18.3 Å². The van der Waals surface area contributed by atoms with Crippen LogP contribution in [0.15, 0.2) is 23.1 Å². The van der Waals surface area contributed by atoms with Gasteiger partial charge in [0.2, 0.25) is 10.0 Å². The van der Waals surface area contributed by atoms with Crippen LogP contribution in [0.4, 0.5) is 0 Å². The summed E-state index contributed by atoms with van der Waals surface area (Å²) in [4.78, 5) is 10.9. The van der Waals surface area contributed by atoms with Crippen LogP contribution in [0.2, 0.25) is 10.0 Å². The predicted molar refractivity (Wildman–Crippen MR) is 74.6 cm³/mol. The minimum atomic E-state index is -4.07. The lowest BCUT2D eigenvalue weighted by Gasteiger charge is -2.32. The Morgan fingerprint density at radius 2 is 1.95 bits per heavy atom. The Bertz CT molecular complexity index is 615. The molecule has 1 heterocycles. The fourth-order valence-corrected chi connectivity index (χ4v) is 4.71. The number of halogens is 2. The highest BCUT2D eigenvalue weighted by molar-refractivity contribution is 7.89. The number of hydrogen-bond donors (Lipinski definition) is 2. The lowest BCUT2D eigenvalue weighted by molar-refractivity contribution is -0.141. The first kappa shape index (κ1) is 15.5. The average molecular weight is 339 g/mol. The van der Waals surface area contributed by atoms with Crippen LogP contribution in [0, 0.1) is 0 Å². The number of nitrogens with zero attached hydrogens (tertiary/aromatic N) is 1. The van der Waals surface area contributed by atoms with E-state index >= 15 is 0 Å². The molecule has 2 rings (SSSR count). The van der Waals surface area contributed by atoms with Gasteiger partial charge in [-0.15, -0.1) is 0 Å². The molecule has 20 heavy (non-hydrogen) atoms. The second kappa shape index (κ2) is 5.87. The van der Waals surface area contributed by atoms with Gasteiger partial charge in [-0.3, -0.25) is 4.79 Å². The van der Waals surface area contributed by atoms with Crippen molar-refractivity contribution in [3.8, 4) is 0 Å². The van der Waals surface area contributed by atoms with Crippen LogP contribution in [-0.2, 0) is 14.8 Å². The summed E-state index contributed by atoms with van der Waals surface area (Å²) in [7, 11) is -4.07. The van der Waals surface area contributed by atoms with Crippen LogP contribution in [0.25, 0.3) is 0 Å². The Balaban J connectivity index is 2.51. The Hall–Kier alpha value is -0.860. The molecule has 1 aliphatic rings. The monoisotopic (exact) mass is 338 g/mol. The first-order valence-electron chi connectivity index (χ1n) is 5.75. The smallest absolute Gasteiger partial charge is 0.323 e. The second-order valence-corrected chi connectivity index (χ2v) is 6.87. The Morgan fingerprint density at radius 3 is 2.50 bits per heavy atom. The highest BCUT2D eigenvalue weighted by atomic mass is 35.5. The average Bonchev–Trinajstić information content (AvgIpc) is 2.38. The third-order valence-corrected chi connectivity index (χ3v) is 5.83. The van der Waals surface area contributed by atoms with Crippen LogP contribution < -0.4 is 5.32 Å². The van der Waals surface area contributed by atoms with E-state index in [2.05, 4.69) is 5.32 Å². The van der Waals surface area contributed by atoms with Crippen molar-refractivity contribution in [2.45, 2.75) is 10.9 Å². The number of sulfonamides is 1. The van der Waals surface area contributed by atoms with Gasteiger partial charge in [0.15, 0.2) is 0 Å². The van der Waals surface area contributed by atoms with Gasteiger partial charge in [-0.2, -0.15) is 4.31 Å². The SMILES string of the molecule is O=C(O)C1CNCCN1S(=O)(=O)c1c(Cl)cccc1Cl. The van der Waals surface area contributed by atoms with Crippen LogP contribution in [0.1, 0.15) is 0 Å². The van der Waals surface area contributed by atoms with E-state index in [0.717, 1.165) is 4.31 Å². The van der Waals surface area contributed by atoms with Gasteiger partial charge >= 0.3 is 5.97 Å². The summed E-state index contributed by atoms with van der Waals surface area (Å²) >= 11 is 11.8. The number of carbonyl (C=O) groups is 1. The van der Waals surface area contributed by atoms with Crippen LogP contribution in [-0.4, -0.2) is 49.5 Å². The topological polar surface area (TPSA) is 86.7 Å². The van der Waals surface area contributed by atoms with Crippen molar-refractivity contribution in [3.05, 3.63) is 28.2 Å². The molecule has 6 nitrogen and oxygen atoms in total. The molecule has 0 bridgehead atoms. The lowest BCUT2D eigenvalue weighted by Crippen LogP contribution is -2.56. The number of carboxylic acids is 1. The molecule has 0 aromatic heterocycles. The minimum Gasteiger partial charge on any atom is -0.480 e. The Morgan fingerprint density at radius 1 is 1.35 bits per heavy atom. The molecule has 0 amide bonds. The molecule has 1 aromatic rings. The number of benzene rings is 1. The first-order chi connectivity index (χ1) is 9.35.